The molecule has 1 heterocycles. The van der Waals surface area contributed by atoms with Crippen molar-refractivity contribution in [2.24, 2.45) is 22.7 Å². The Morgan fingerprint density at radius 3 is 2.44 bits per heavy atom. The molecular formula is C18H36N4O2S. The van der Waals surface area contributed by atoms with Gasteiger partial charge in [0.2, 0.25) is 10.0 Å². The molecule has 6 nitrogen and oxygen atoms in total. The molecule has 2 aliphatic rings. The van der Waals surface area contributed by atoms with Gasteiger partial charge in [0.25, 0.3) is 0 Å². The van der Waals surface area contributed by atoms with Crippen molar-refractivity contribution >= 4 is 16.0 Å². The predicted molar refractivity (Wildman–Crippen MR) is 104 cm³/mol. The minimum Gasteiger partial charge on any atom is -0.356 e. The van der Waals surface area contributed by atoms with Crippen LogP contribution in [0, 0.1) is 17.8 Å². The van der Waals surface area contributed by atoms with Crippen LogP contribution in [0.5, 0.6) is 0 Å². The van der Waals surface area contributed by atoms with Crippen molar-refractivity contribution in [1.29, 1.82) is 0 Å². The molecule has 0 aromatic carbocycles. The van der Waals surface area contributed by atoms with E-state index in [-0.39, 0.29) is 0 Å². The first-order valence-corrected chi connectivity index (χ1v) is 11.6. The van der Waals surface area contributed by atoms with Crippen LogP contribution in [0.2, 0.25) is 0 Å². The Balaban J connectivity index is 1.74. The summed E-state index contributed by atoms with van der Waals surface area (Å²) < 4.78 is 24.8. The van der Waals surface area contributed by atoms with Gasteiger partial charge in [0.15, 0.2) is 5.96 Å². The molecule has 2 N–H and O–H groups in total. The molecule has 0 aromatic rings. The molecule has 2 rings (SSSR count). The fourth-order valence-corrected chi connectivity index (χ4v) is 4.91. The van der Waals surface area contributed by atoms with Gasteiger partial charge in [0.1, 0.15) is 0 Å². The summed E-state index contributed by atoms with van der Waals surface area (Å²) in [6.07, 6.45) is 8.21. The lowest BCUT2D eigenvalue weighted by atomic mass is 9.79. The van der Waals surface area contributed by atoms with Crippen molar-refractivity contribution < 1.29 is 8.42 Å². The van der Waals surface area contributed by atoms with E-state index in [0.29, 0.717) is 25.0 Å². The van der Waals surface area contributed by atoms with E-state index in [9.17, 15) is 8.42 Å². The number of nitrogens with one attached hydrogen (secondary N) is 2. The second-order valence-corrected chi connectivity index (χ2v) is 10.1. The Kier molecular flexibility index (Phi) is 7.55. The summed E-state index contributed by atoms with van der Waals surface area (Å²) in [4.78, 5) is 4.38. The number of sulfonamides is 1. The lowest BCUT2D eigenvalue weighted by Gasteiger charge is -2.34. The number of guanidine groups is 1. The maximum Gasteiger partial charge on any atom is 0.211 e. The third-order valence-corrected chi connectivity index (χ3v) is 7.13. The minimum atomic E-state index is -3.04. The Morgan fingerprint density at radius 2 is 1.88 bits per heavy atom. The van der Waals surface area contributed by atoms with E-state index >= 15 is 0 Å². The van der Waals surface area contributed by atoms with E-state index < -0.39 is 10.0 Å². The summed E-state index contributed by atoms with van der Waals surface area (Å²) in [5.74, 6) is 2.95. The Morgan fingerprint density at radius 1 is 1.20 bits per heavy atom. The molecule has 0 amide bonds. The maximum absolute atomic E-state index is 11.6. The van der Waals surface area contributed by atoms with Gasteiger partial charge in [-0.3, -0.25) is 4.99 Å². The van der Waals surface area contributed by atoms with Gasteiger partial charge >= 0.3 is 0 Å². The number of piperidine rings is 1. The zero-order valence-corrected chi connectivity index (χ0v) is 17.1. The molecule has 7 heteroatoms. The first-order chi connectivity index (χ1) is 11.8. The third kappa shape index (κ3) is 6.44. The van der Waals surface area contributed by atoms with Crippen molar-refractivity contribution in [3.05, 3.63) is 0 Å². The van der Waals surface area contributed by atoms with Crippen molar-refractivity contribution in [3.8, 4) is 0 Å². The zero-order chi connectivity index (χ0) is 18.4. The van der Waals surface area contributed by atoms with Crippen molar-refractivity contribution in [3.63, 3.8) is 0 Å². The van der Waals surface area contributed by atoms with Crippen LogP contribution in [-0.4, -0.2) is 57.7 Å². The first kappa shape index (κ1) is 20.5. The molecule has 1 saturated carbocycles. The van der Waals surface area contributed by atoms with Crippen LogP contribution < -0.4 is 10.6 Å². The number of aliphatic imine (C=N–C) groups is 1. The quantitative estimate of drug-likeness (QED) is 0.572. The largest absolute Gasteiger partial charge is 0.356 e. The van der Waals surface area contributed by atoms with Gasteiger partial charge in [-0.2, -0.15) is 0 Å². The summed E-state index contributed by atoms with van der Waals surface area (Å²) in [6.45, 7) is 6.77. The Labute approximate surface area is 153 Å². The van der Waals surface area contributed by atoms with E-state index in [1.165, 1.54) is 31.9 Å². The minimum absolute atomic E-state index is 0.506. The Bertz CT molecular complexity index is 539. The highest BCUT2D eigenvalue weighted by Crippen LogP contribution is 2.29. The van der Waals surface area contributed by atoms with Gasteiger partial charge in [-0.25, -0.2) is 12.7 Å². The lowest BCUT2D eigenvalue weighted by Crippen LogP contribution is -2.48. The lowest BCUT2D eigenvalue weighted by molar-refractivity contribution is 0.243. The van der Waals surface area contributed by atoms with Crippen LogP contribution >= 0.6 is 0 Å². The number of nitrogens with zero attached hydrogens (tertiary/aromatic N) is 2. The smallest absolute Gasteiger partial charge is 0.211 e. The van der Waals surface area contributed by atoms with Gasteiger partial charge in [-0.05, 0) is 43.4 Å². The Hall–Kier alpha value is -0.820. The molecule has 146 valence electrons. The fraction of sp³-hybridized carbons (Fsp3) is 0.944. The van der Waals surface area contributed by atoms with Crippen molar-refractivity contribution in [2.45, 2.75) is 58.4 Å². The number of hydrogen-bond donors (Lipinski definition) is 2. The summed E-state index contributed by atoms with van der Waals surface area (Å²) in [5.41, 5.74) is 0. The molecule has 0 spiro atoms. The van der Waals surface area contributed by atoms with Crippen molar-refractivity contribution in [2.75, 3.05) is 32.9 Å². The molecule has 2 atom stereocenters. The molecule has 1 aliphatic heterocycles. The zero-order valence-electron chi connectivity index (χ0n) is 16.3. The summed E-state index contributed by atoms with van der Waals surface area (Å²) >= 11 is 0. The molecular weight excluding hydrogens is 336 g/mol. The van der Waals surface area contributed by atoms with Crippen LogP contribution in [0.1, 0.15) is 52.4 Å². The van der Waals surface area contributed by atoms with Gasteiger partial charge in [0, 0.05) is 32.7 Å². The van der Waals surface area contributed by atoms with E-state index in [1.54, 1.807) is 4.31 Å². The third-order valence-electron chi connectivity index (χ3n) is 5.82. The van der Waals surface area contributed by atoms with Crippen LogP contribution in [0.15, 0.2) is 4.99 Å². The molecule has 2 fully saturated rings. The molecule has 0 aromatic heterocycles. The second kappa shape index (κ2) is 9.21. The number of rotatable bonds is 5. The predicted octanol–water partition coefficient (Wildman–Crippen LogP) is 2.04. The highest BCUT2D eigenvalue weighted by molar-refractivity contribution is 7.88. The van der Waals surface area contributed by atoms with Gasteiger partial charge in [-0.15, -0.1) is 0 Å². The van der Waals surface area contributed by atoms with Gasteiger partial charge in [0.05, 0.1) is 6.26 Å². The molecule has 0 bridgehead atoms. The summed E-state index contributed by atoms with van der Waals surface area (Å²) in [5, 5.41) is 7.05. The van der Waals surface area contributed by atoms with Crippen LogP contribution in [0.25, 0.3) is 0 Å². The highest BCUT2D eigenvalue weighted by Gasteiger charge is 2.26. The summed E-state index contributed by atoms with van der Waals surface area (Å²) in [7, 11) is -1.22. The summed E-state index contributed by atoms with van der Waals surface area (Å²) in [6, 6.07) is 0.513. The number of hydrogen-bond acceptors (Lipinski definition) is 3. The SMILES string of the molecule is CN=C(NCC1CCN(S(C)(=O)=O)CC1)NC1CCCC(C(C)C)C1. The van der Waals surface area contributed by atoms with E-state index in [2.05, 4.69) is 29.5 Å². The second-order valence-electron chi connectivity index (χ2n) is 8.07. The van der Waals surface area contributed by atoms with Crippen LogP contribution in [-0.2, 0) is 10.0 Å². The monoisotopic (exact) mass is 372 g/mol. The maximum atomic E-state index is 11.6. The molecule has 1 saturated heterocycles. The molecule has 0 radical (unpaired) electrons. The van der Waals surface area contributed by atoms with Crippen LogP contribution in [0.4, 0.5) is 0 Å². The fourth-order valence-electron chi connectivity index (χ4n) is 4.04. The van der Waals surface area contributed by atoms with E-state index in [0.717, 1.165) is 37.2 Å². The standard InChI is InChI=1S/C18H36N4O2S/c1-14(2)16-6-5-7-17(12-16)21-18(19-3)20-13-15-8-10-22(11-9-15)25(4,23)24/h14-17H,5-13H2,1-4H3,(H2,19,20,21). The highest BCUT2D eigenvalue weighted by atomic mass is 32.2. The van der Waals surface area contributed by atoms with E-state index in [1.807, 2.05) is 7.05 Å². The molecule has 1 aliphatic carbocycles. The molecule has 2 unspecified atom stereocenters. The molecule has 25 heavy (non-hydrogen) atoms. The van der Waals surface area contributed by atoms with Crippen molar-refractivity contribution in [1.82, 2.24) is 14.9 Å². The van der Waals surface area contributed by atoms with Gasteiger partial charge in [-0.1, -0.05) is 26.7 Å². The van der Waals surface area contributed by atoms with E-state index in [4.69, 9.17) is 0 Å². The topological polar surface area (TPSA) is 73.8 Å². The normalized spacial score (nSPS) is 27.5. The van der Waals surface area contributed by atoms with Gasteiger partial charge < -0.3 is 10.6 Å². The average Bonchev–Trinajstić information content (AvgIpc) is 2.58. The van der Waals surface area contributed by atoms with Crippen LogP contribution in [0.3, 0.4) is 0 Å². The first-order valence-electron chi connectivity index (χ1n) is 9.72. The average molecular weight is 373 g/mol.